The quantitative estimate of drug-likeness (QED) is 0.178. The molecule has 9 N–H and O–H groups in total. The van der Waals surface area contributed by atoms with E-state index in [4.69, 9.17) is 19.9 Å². The molecule has 2 heterocycles. The molecule has 15 nitrogen and oxygen atoms in total. The van der Waals surface area contributed by atoms with Crippen molar-refractivity contribution in [3.05, 3.63) is 48.6 Å². The molecule has 0 aromatic heterocycles. The number of aliphatic hydroxyl groups is 6. The zero-order valence-corrected chi connectivity index (χ0v) is 31.5. The molecule has 13 unspecified atom stereocenters. The third-order valence-electron chi connectivity index (χ3n) is 9.64. The maximum absolute atomic E-state index is 13.0. The summed E-state index contributed by atoms with van der Waals surface area (Å²) in [7, 11) is 0. The molecule has 2 aliphatic rings. The van der Waals surface area contributed by atoms with Crippen LogP contribution in [0.4, 0.5) is 0 Å². The van der Waals surface area contributed by atoms with Gasteiger partial charge in [0.2, 0.25) is 0 Å². The number of hydrogen-bond acceptors (Lipinski definition) is 14. The molecule has 0 radical (unpaired) electrons. The van der Waals surface area contributed by atoms with Gasteiger partial charge in [-0.3, -0.25) is 19.2 Å². The van der Waals surface area contributed by atoms with Crippen LogP contribution < -0.4 is 5.73 Å². The maximum atomic E-state index is 13.0. The van der Waals surface area contributed by atoms with E-state index in [0.29, 0.717) is 12.8 Å². The van der Waals surface area contributed by atoms with Gasteiger partial charge >= 0.3 is 11.9 Å². The molecule has 1 fully saturated rings. The molecule has 0 saturated carbocycles. The molecule has 0 amide bonds. The van der Waals surface area contributed by atoms with Crippen LogP contribution >= 0.6 is 0 Å². The Labute approximate surface area is 317 Å². The number of ether oxygens (including phenoxy) is 3. The lowest BCUT2D eigenvalue weighted by molar-refractivity contribution is -0.277. The highest BCUT2D eigenvalue weighted by Gasteiger charge is 2.43. The number of aliphatic carboxylic acids is 1. The molecule has 15 heteroatoms. The van der Waals surface area contributed by atoms with E-state index in [9.17, 15) is 54.9 Å². The lowest BCUT2D eigenvalue weighted by atomic mass is 9.88. The second-order valence-electron chi connectivity index (χ2n) is 14.2. The van der Waals surface area contributed by atoms with Crippen LogP contribution in [0, 0.1) is 11.8 Å². The number of nitrogens with two attached hydrogens (primary N) is 1. The summed E-state index contributed by atoms with van der Waals surface area (Å²) >= 11 is 0. The number of rotatable bonds is 6. The fraction of sp³-hybridized carbons (Fsp3) is 0.692. The van der Waals surface area contributed by atoms with Gasteiger partial charge < -0.3 is 55.7 Å². The Morgan fingerprint density at radius 1 is 0.870 bits per heavy atom. The highest BCUT2D eigenvalue weighted by atomic mass is 16.7. The maximum Gasteiger partial charge on any atom is 0.311 e. The Hall–Kier alpha value is -3.12. The fourth-order valence-electron chi connectivity index (χ4n) is 6.47. The number of carbonyl (C=O) groups excluding carboxylic acids is 3. The van der Waals surface area contributed by atoms with Crippen molar-refractivity contribution in [2.24, 2.45) is 17.6 Å². The van der Waals surface area contributed by atoms with Crippen LogP contribution in [0.1, 0.15) is 91.4 Å². The first kappa shape index (κ1) is 47.0. The number of allylic oxidation sites excluding steroid dienone is 6. The van der Waals surface area contributed by atoms with Gasteiger partial charge in [-0.2, -0.15) is 0 Å². The standard InChI is InChI=1S/C39H61NO14/c1-4-14-27-17-11-9-7-6-8-10-12-18-28(54-39-36(48)34(40)35(47)23(3)52-39)22-32(46)33(37(49)50)31(45)21-26(43)19-24(41)15-13-16-25(42)20-30(44)29(5-2)38(51)53-27/h6-12,18,23-24,27-36,39,41,44-48H,4-5,13-17,19-22,40H2,1-3H3,(H,49,50)/b7-6?,10-8?,11-9-,18-12-. The Bertz CT molecular complexity index is 1300. The van der Waals surface area contributed by atoms with E-state index in [-0.39, 0.29) is 37.9 Å². The summed E-state index contributed by atoms with van der Waals surface area (Å²) < 4.78 is 17.2. The highest BCUT2D eigenvalue weighted by molar-refractivity contribution is 5.81. The molecular weight excluding hydrogens is 706 g/mol. The van der Waals surface area contributed by atoms with Gasteiger partial charge in [-0.25, -0.2) is 0 Å². The third-order valence-corrected chi connectivity index (χ3v) is 9.64. The normalized spacial score (nSPS) is 37.8. The molecule has 0 bridgehead atoms. The van der Waals surface area contributed by atoms with E-state index < -0.39 is 116 Å². The minimum absolute atomic E-state index is 0.0261. The van der Waals surface area contributed by atoms with Crippen molar-refractivity contribution >= 4 is 23.5 Å². The van der Waals surface area contributed by atoms with Gasteiger partial charge in [-0.05, 0) is 32.6 Å². The number of aliphatic hydroxyl groups excluding tert-OH is 6. The third kappa shape index (κ3) is 15.9. The molecule has 2 rings (SSSR count). The largest absolute Gasteiger partial charge is 0.481 e. The first-order valence-corrected chi connectivity index (χ1v) is 18.9. The minimum atomic E-state index is -1.84. The fourth-order valence-corrected chi connectivity index (χ4v) is 6.47. The molecular formula is C39H61NO14. The van der Waals surface area contributed by atoms with E-state index in [2.05, 4.69) is 0 Å². The second-order valence-corrected chi connectivity index (χ2v) is 14.2. The Morgan fingerprint density at radius 2 is 1.52 bits per heavy atom. The van der Waals surface area contributed by atoms with Crippen molar-refractivity contribution in [1.82, 2.24) is 0 Å². The number of ketones is 2. The molecule has 54 heavy (non-hydrogen) atoms. The Morgan fingerprint density at radius 3 is 2.17 bits per heavy atom. The van der Waals surface area contributed by atoms with Gasteiger partial charge in [0, 0.05) is 38.5 Å². The Balaban J connectivity index is 2.34. The van der Waals surface area contributed by atoms with Crippen molar-refractivity contribution < 1.29 is 69.1 Å². The molecule has 0 spiro atoms. The first-order valence-electron chi connectivity index (χ1n) is 18.9. The molecule has 0 aliphatic carbocycles. The number of carboxylic acids is 1. The average molecular weight is 768 g/mol. The number of esters is 1. The van der Waals surface area contributed by atoms with Crippen LogP contribution in [0.15, 0.2) is 48.6 Å². The van der Waals surface area contributed by atoms with Gasteiger partial charge in [-0.1, -0.05) is 68.9 Å². The smallest absolute Gasteiger partial charge is 0.311 e. The van der Waals surface area contributed by atoms with Crippen LogP contribution in [0.3, 0.4) is 0 Å². The van der Waals surface area contributed by atoms with Crippen LogP contribution in [0.25, 0.3) is 0 Å². The van der Waals surface area contributed by atoms with Gasteiger partial charge in [0.05, 0.1) is 54.7 Å². The van der Waals surface area contributed by atoms with E-state index in [1.165, 1.54) is 13.0 Å². The van der Waals surface area contributed by atoms with Crippen LogP contribution in [0.5, 0.6) is 0 Å². The van der Waals surface area contributed by atoms with Gasteiger partial charge in [0.1, 0.15) is 29.7 Å². The van der Waals surface area contributed by atoms with Crippen molar-refractivity contribution in [3.63, 3.8) is 0 Å². The molecule has 0 aromatic carbocycles. The van der Waals surface area contributed by atoms with Crippen molar-refractivity contribution in [1.29, 1.82) is 0 Å². The van der Waals surface area contributed by atoms with Crippen molar-refractivity contribution in [3.8, 4) is 0 Å². The predicted molar refractivity (Wildman–Crippen MR) is 196 cm³/mol. The SMILES string of the molecule is CCCC1C/C=C\C=CC=C/C=C\C(OC2OC(C)C(O)C(N)C2O)CC(O)C(C(=O)O)C(O)CC(=O)CC(O)CCCC(=O)CC(O)C(CC)C(=O)O1. The lowest BCUT2D eigenvalue weighted by Gasteiger charge is -2.41. The number of carbonyl (C=O) groups is 4. The van der Waals surface area contributed by atoms with E-state index in [0.717, 1.165) is 6.42 Å². The van der Waals surface area contributed by atoms with E-state index in [1.807, 2.05) is 13.0 Å². The van der Waals surface area contributed by atoms with Gasteiger partial charge in [-0.15, -0.1) is 0 Å². The van der Waals surface area contributed by atoms with Crippen molar-refractivity contribution in [2.75, 3.05) is 0 Å². The van der Waals surface area contributed by atoms with E-state index >= 15 is 0 Å². The molecule has 306 valence electrons. The summed E-state index contributed by atoms with van der Waals surface area (Å²) in [6.07, 6.45) is 1.33. The topological polar surface area (TPSA) is 264 Å². The second kappa shape index (κ2) is 24.4. The number of hydrogen-bond donors (Lipinski definition) is 8. The number of Topliss-reactive ketones (excluding diaryl/α,β-unsaturated/α-hetero) is 2. The first-order chi connectivity index (χ1) is 25.6. The average Bonchev–Trinajstić information content (AvgIpc) is 3.08. The summed E-state index contributed by atoms with van der Waals surface area (Å²) in [4.78, 5) is 50.6. The summed E-state index contributed by atoms with van der Waals surface area (Å²) in [6.45, 7) is 5.21. The minimum Gasteiger partial charge on any atom is -0.481 e. The van der Waals surface area contributed by atoms with Gasteiger partial charge in [0.15, 0.2) is 6.29 Å². The summed E-state index contributed by atoms with van der Waals surface area (Å²) in [5.74, 6) is -5.91. The molecule has 2 aliphatic heterocycles. The Kier molecular flexibility index (Phi) is 21.3. The summed E-state index contributed by atoms with van der Waals surface area (Å²) in [6, 6.07) is -1.12. The summed E-state index contributed by atoms with van der Waals surface area (Å²) in [5.41, 5.74) is 5.94. The van der Waals surface area contributed by atoms with Crippen LogP contribution in [-0.4, -0.2) is 127 Å². The monoisotopic (exact) mass is 767 g/mol. The lowest BCUT2D eigenvalue weighted by Crippen LogP contribution is -2.61. The van der Waals surface area contributed by atoms with E-state index in [1.54, 1.807) is 43.4 Å². The highest BCUT2D eigenvalue weighted by Crippen LogP contribution is 2.26. The molecule has 0 aromatic rings. The number of carboxylic acid groups (broad SMARTS) is 1. The predicted octanol–water partition coefficient (Wildman–Crippen LogP) is 1.55. The summed E-state index contributed by atoms with van der Waals surface area (Å²) in [5, 5.41) is 73.7. The molecule has 1 saturated heterocycles. The zero-order chi connectivity index (χ0) is 40.4. The zero-order valence-electron chi connectivity index (χ0n) is 31.5. The molecule has 13 atom stereocenters. The van der Waals surface area contributed by atoms with Crippen molar-refractivity contribution in [2.45, 2.75) is 159 Å². The number of cyclic esters (lactones) is 1. The van der Waals surface area contributed by atoms with Gasteiger partial charge in [0.25, 0.3) is 0 Å². The van der Waals surface area contributed by atoms with Crippen LogP contribution in [0.2, 0.25) is 0 Å². The van der Waals surface area contributed by atoms with Crippen LogP contribution in [-0.2, 0) is 33.4 Å².